The molecule has 0 saturated heterocycles. The standard InChI is InChI=1S/C12H13N3O3/c1-14(7-10(16)17)12(18)11-8-5-3-4-6-9(8)13-15(11)2/h3-6H,7H2,1-2H3,(H,16,17). The molecular weight excluding hydrogens is 234 g/mol. The molecule has 0 atom stereocenters. The van der Waals surface area contributed by atoms with Gasteiger partial charge in [-0.2, -0.15) is 5.10 Å². The number of nitrogens with zero attached hydrogens (tertiary/aromatic N) is 3. The third-order valence-corrected chi connectivity index (χ3v) is 2.66. The van der Waals surface area contributed by atoms with Gasteiger partial charge in [-0.3, -0.25) is 14.3 Å². The van der Waals surface area contributed by atoms with Crippen LogP contribution in [0.15, 0.2) is 24.3 Å². The maximum Gasteiger partial charge on any atom is 0.323 e. The van der Waals surface area contributed by atoms with Crippen molar-refractivity contribution in [2.45, 2.75) is 0 Å². The summed E-state index contributed by atoms with van der Waals surface area (Å²) in [4.78, 5) is 24.0. The molecule has 0 radical (unpaired) electrons. The smallest absolute Gasteiger partial charge is 0.323 e. The lowest BCUT2D eigenvalue weighted by Gasteiger charge is -2.14. The Morgan fingerprint density at radius 3 is 2.72 bits per heavy atom. The number of carboxylic acid groups (broad SMARTS) is 1. The van der Waals surface area contributed by atoms with Crippen LogP contribution in [-0.2, 0) is 11.8 Å². The molecule has 6 nitrogen and oxygen atoms in total. The Labute approximate surface area is 103 Å². The fourth-order valence-corrected chi connectivity index (χ4v) is 1.86. The van der Waals surface area contributed by atoms with Crippen molar-refractivity contribution in [3.8, 4) is 0 Å². The van der Waals surface area contributed by atoms with Gasteiger partial charge in [0.05, 0.1) is 5.52 Å². The third kappa shape index (κ3) is 2.04. The monoisotopic (exact) mass is 247 g/mol. The molecule has 2 aromatic rings. The minimum Gasteiger partial charge on any atom is -0.480 e. The lowest BCUT2D eigenvalue weighted by atomic mass is 10.2. The first-order valence-corrected chi connectivity index (χ1v) is 5.39. The van der Waals surface area contributed by atoms with Gasteiger partial charge >= 0.3 is 5.97 Å². The van der Waals surface area contributed by atoms with Crippen molar-refractivity contribution < 1.29 is 14.7 Å². The zero-order valence-corrected chi connectivity index (χ0v) is 10.1. The second-order valence-corrected chi connectivity index (χ2v) is 4.04. The first-order valence-electron chi connectivity index (χ1n) is 5.39. The highest BCUT2D eigenvalue weighted by Crippen LogP contribution is 2.18. The number of aryl methyl sites for hydroxylation is 1. The molecule has 1 aromatic carbocycles. The molecule has 0 saturated carbocycles. The number of hydrogen-bond donors (Lipinski definition) is 1. The van der Waals surface area contributed by atoms with Gasteiger partial charge in [-0.05, 0) is 6.07 Å². The van der Waals surface area contributed by atoms with Crippen LogP contribution in [0.1, 0.15) is 10.5 Å². The number of benzene rings is 1. The molecule has 0 unspecified atom stereocenters. The number of likely N-dealkylation sites (N-methyl/N-ethyl adjacent to an activating group) is 1. The number of hydrogen-bond acceptors (Lipinski definition) is 3. The lowest BCUT2D eigenvalue weighted by molar-refractivity contribution is -0.137. The lowest BCUT2D eigenvalue weighted by Crippen LogP contribution is -2.33. The molecule has 0 bridgehead atoms. The second kappa shape index (κ2) is 4.48. The van der Waals surface area contributed by atoms with Crippen molar-refractivity contribution in [3.05, 3.63) is 30.0 Å². The molecule has 94 valence electrons. The fourth-order valence-electron chi connectivity index (χ4n) is 1.86. The topological polar surface area (TPSA) is 75.4 Å². The molecule has 2 rings (SSSR count). The van der Waals surface area contributed by atoms with Gasteiger partial charge in [-0.15, -0.1) is 0 Å². The van der Waals surface area contributed by atoms with E-state index in [1.54, 1.807) is 13.1 Å². The fraction of sp³-hybridized carbons (Fsp3) is 0.250. The van der Waals surface area contributed by atoms with Crippen molar-refractivity contribution in [2.24, 2.45) is 7.05 Å². The third-order valence-electron chi connectivity index (χ3n) is 2.66. The van der Waals surface area contributed by atoms with E-state index in [4.69, 9.17) is 5.11 Å². The zero-order chi connectivity index (χ0) is 13.3. The van der Waals surface area contributed by atoms with Crippen LogP contribution in [-0.4, -0.2) is 45.3 Å². The van der Waals surface area contributed by atoms with E-state index in [2.05, 4.69) is 5.10 Å². The van der Waals surface area contributed by atoms with Gasteiger partial charge in [0, 0.05) is 19.5 Å². The minimum absolute atomic E-state index is 0.335. The molecule has 0 fully saturated rings. The molecule has 0 aliphatic rings. The average Bonchev–Trinajstić information content (AvgIpc) is 2.63. The van der Waals surface area contributed by atoms with Gasteiger partial charge in [0.1, 0.15) is 12.2 Å². The summed E-state index contributed by atoms with van der Waals surface area (Å²) in [6.07, 6.45) is 0. The van der Waals surface area contributed by atoms with E-state index >= 15 is 0 Å². The molecule has 0 aliphatic heterocycles. The number of rotatable bonds is 3. The maximum atomic E-state index is 12.2. The van der Waals surface area contributed by atoms with E-state index in [0.29, 0.717) is 11.2 Å². The Morgan fingerprint density at radius 2 is 2.06 bits per heavy atom. The van der Waals surface area contributed by atoms with Crippen LogP contribution >= 0.6 is 0 Å². The number of carbonyl (C=O) groups excluding carboxylic acids is 1. The molecular formula is C12H13N3O3. The number of carbonyl (C=O) groups is 2. The van der Waals surface area contributed by atoms with Crippen molar-refractivity contribution in [1.29, 1.82) is 0 Å². The highest BCUT2D eigenvalue weighted by atomic mass is 16.4. The van der Waals surface area contributed by atoms with Crippen molar-refractivity contribution in [3.63, 3.8) is 0 Å². The minimum atomic E-state index is -1.04. The summed E-state index contributed by atoms with van der Waals surface area (Å²) in [6, 6.07) is 7.26. The molecule has 1 aromatic heterocycles. The number of aromatic nitrogens is 2. The van der Waals surface area contributed by atoms with Crippen molar-refractivity contribution in [1.82, 2.24) is 14.7 Å². The van der Waals surface area contributed by atoms with Gasteiger partial charge in [-0.25, -0.2) is 0 Å². The number of carboxylic acids is 1. The summed E-state index contributed by atoms with van der Waals surface area (Å²) in [5.74, 6) is -1.40. The van der Waals surface area contributed by atoms with Crippen LogP contribution in [0.5, 0.6) is 0 Å². The van der Waals surface area contributed by atoms with Crippen LogP contribution in [0.3, 0.4) is 0 Å². The van der Waals surface area contributed by atoms with Crippen LogP contribution in [0.2, 0.25) is 0 Å². The predicted octanol–water partition coefficient (Wildman–Crippen LogP) is 0.730. The number of aliphatic carboxylic acids is 1. The first-order chi connectivity index (χ1) is 8.50. The van der Waals surface area contributed by atoms with Crippen LogP contribution in [0.25, 0.3) is 10.9 Å². The van der Waals surface area contributed by atoms with Gasteiger partial charge < -0.3 is 10.0 Å². The Hall–Kier alpha value is -2.37. The summed E-state index contributed by atoms with van der Waals surface area (Å²) in [6.45, 7) is -0.335. The van der Waals surface area contributed by atoms with E-state index in [1.807, 2.05) is 18.2 Å². The van der Waals surface area contributed by atoms with E-state index in [9.17, 15) is 9.59 Å². The molecule has 1 amide bonds. The van der Waals surface area contributed by atoms with Gasteiger partial charge in [0.2, 0.25) is 0 Å². The summed E-state index contributed by atoms with van der Waals surface area (Å²) >= 11 is 0. The van der Waals surface area contributed by atoms with E-state index < -0.39 is 5.97 Å². The van der Waals surface area contributed by atoms with Crippen molar-refractivity contribution in [2.75, 3.05) is 13.6 Å². The second-order valence-electron chi connectivity index (χ2n) is 4.04. The molecule has 6 heteroatoms. The van der Waals surface area contributed by atoms with Crippen LogP contribution < -0.4 is 0 Å². The Kier molecular flexibility index (Phi) is 3.01. The van der Waals surface area contributed by atoms with Crippen molar-refractivity contribution >= 4 is 22.8 Å². The normalized spacial score (nSPS) is 10.6. The Morgan fingerprint density at radius 1 is 1.39 bits per heavy atom. The highest BCUT2D eigenvalue weighted by Gasteiger charge is 2.21. The highest BCUT2D eigenvalue weighted by molar-refractivity contribution is 6.05. The number of fused-ring (bicyclic) bond motifs is 1. The van der Waals surface area contributed by atoms with Gasteiger partial charge in [0.25, 0.3) is 5.91 Å². The van der Waals surface area contributed by atoms with E-state index in [-0.39, 0.29) is 12.5 Å². The van der Waals surface area contributed by atoms with Crippen LogP contribution in [0.4, 0.5) is 0 Å². The van der Waals surface area contributed by atoms with Gasteiger partial charge in [0.15, 0.2) is 0 Å². The van der Waals surface area contributed by atoms with Crippen LogP contribution in [0, 0.1) is 0 Å². The Bertz CT molecular complexity index is 618. The summed E-state index contributed by atoms with van der Waals surface area (Å²) in [5.41, 5.74) is 1.11. The van der Waals surface area contributed by atoms with E-state index in [1.165, 1.54) is 11.7 Å². The number of amides is 1. The summed E-state index contributed by atoms with van der Waals surface area (Å²) in [7, 11) is 3.13. The summed E-state index contributed by atoms with van der Waals surface area (Å²) < 4.78 is 1.48. The summed E-state index contributed by atoms with van der Waals surface area (Å²) in [5, 5.41) is 13.6. The molecule has 0 aliphatic carbocycles. The average molecular weight is 247 g/mol. The zero-order valence-electron chi connectivity index (χ0n) is 10.1. The predicted molar refractivity (Wildman–Crippen MR) is 65.3 cm³/mol. The SMILES string of the molecule is CN(CC(=O)O)C(=O)c1c2ccccc2nn1C. The molecule has 1 N–H and O–H groups in total. The maximum absolute atomic E-state index is 12.2. The first kappa shape index (κ1) is 12.1. The molecule has 18 heavy (non-hydrogen) atoms. The van der Waals surface area contributed by atoms with E-state index in [0.717, 1.165) is 10.3 Å². The largest absolute Gasteiger partial charge is 0.480 e. The van der Waals surface area contributed by atoms with Gasteiger partial charge in [-0.1, -0.05) is 18.2 Å². The molecule has 0 spiro atoms. The Balaban J connectivity index is 2.44. The quantitative estimate of drug-likeness (QED) is 0.867. The molecule has 1 heterocycles.